The number of anilines is 1. The molecule has 5 heteroatoms. The van der Waals surface area contributed by atoms with Gasteiger partial charge in [-0.25, -0.2) is 4.39 Å². The molecule has 1 atom stereocenters. The third-order valence-electron chi connectivity index (χ3n) is 5.78. The van der Waals surface area contributed by atoms with Crippen molar-refractivity contribution in [2.45, 2.75) is 25.8 Å². The van der Waals surface area contributed by atoms with Crippen molar-refractivity contribution in [1.29, 1.82) is 0 Å². The Bertz CT molecular complexity index is 811. The second kappa shape index (κ2) is 8.31. The van der Waals surface area contributed by atoms with Gasteiger partial charge in [-0.2, -0.15) is 0 Å². The molecule has 4 rings (SSSR count). The molecule has 1 amide bonds. The Morgan fingerprint density at radius 3 is 2.39 bits per heavy atom. The van der Waals surface area contributed by atoms with Crippen LogP contribution in [0.2, 0.25) is 0 Å². The molecular formula is C23H28FN3O. The highest BCUT2D eigenvalue weighted by molar-refractivity contribution is 5.78. The van der Waals surface area contributed by atoms with Gasteiger partial charge in [-0.15, -0.1) is 0 Å². The van der Waals surface area contributed by atoms with Gasteiger partial charge in [0.25, 0.3) is 0 Å². The first-order valence-corrected chi connectivity index (χ1v) is 10.2. The maximum Gasteiger partial charge on any atom is 0.234 e. The molecule has 1 aliphatic carbocycles. The van der Waals surface area contributed by atoms with E-state index in [-0.39, 0.29) is 17.8 Å². The zero-order valence-electron chi connectivity index (χ0n) is 16.4. The van der Waals surface area contributed by atoms with Crippen LogP contribution in [0.4, 0.5) is 10.1 Å². The van der Waals surface area contributed by atoms with E-state index in [4.69, 9.17) is 0 Å². The third-order valence-corrected chi connectivity index (χ3v) is 5.78. The first kappa shape index (κ1) is 18.9. The molecule has 148 valence electrons. The minimum atomic E-state index is -0.181. The van der Waals surface area contributed by atoms with Crippen molar-refractivity contribution in [3.63, 3.8) is 0 Å². The summed E-state index contributed by atoms with van der Waals surface area (Å²) in [5, 5.41) is 3.26. The number of para-hydroxylation sites is 1. The number of nitrogens with zero attached hydrogens (tertiary/aromatic N) is 2. The molecule has 4 nitrogen and oxygen atoms in total. The number of rotatable bonds is 6. The molecule has 1 N–H and O–H groups in total. The number of hydrogen-bond acceptors (Lipinski definition) is 3. The molecule has 2 aromatic carbocycles. The summed E-state index contributed by atoms with van der Waals surface area (Å²) in [5.74, 6) is 0.459. The van der Waals surface area contributed by atoms with Crippen LogP contribution in [0.3, 0.4) is 0 Å². The number of nitrogens with one attached hydrogen (secondary N) is 1. The number of carbonyl (C=O) groups is 1. The van der Waals surface area contributed by atoms with Gasteiger partial charge in [0.2, 0.25) is 5.91 Å². The molecule has 28 heavy (non-hydrogen) atoms. The average Bonchev–Trinajstić information content (AvgIpc) is 3.53. The number of carbonyl (C=O) groups excluding carboxylic acids is 1. The highest BCUT2D eigenvalue weighted by Crippen LogP contribution is 2.41. The second-order valence-corrected chi connectivity index (χ2v) is 8.01. The van der Waals surface area contributed by atoms with Crippen molar-refractivity contribution in [2.24, 2.45) is 5.92 Å². The van der Waals surface area contributed by atoms with Gasteiger partial charge in [0, 0.05) is 26.2 Å². The molecule has 2 aromatic rings. The quantitative estimate of drug-likeness (QED) is 0.832. The molecule has 0 aromatic heterocycles. The molecule has 1 saturated heterocycles. The lowest BCUT2D eigenvalue weighted by molar-refractivity contribution is -0.123. The summed E-state index contributed by atoms with van der Waals surface area (Å²) < 4.78 is 14.0. The van der Waals surface area contributed by atoms with Crippen LogP contribution in [-0.4, -0.2) is 43.5 Å². The van der Waals surface area contributed by atoms with E-state index in [1.807, 2.05) is 12.1 Å². The SMILES string of the molecule is Cc1ccc(C(NC(=O)CN2CCN(c3ccccc3F)CC2)C2CC2)cc1. The molecule has 0 spiro atoms. The molecule has 2 fully saturated rings. The number of hydrogen-bond donors (Lipinski definition) is 1. The van der Waals surface area contributed by atoms with Crippen molar-refractivity contribution >= 4 is 11.6 Å². The summed E-state index contributed by atoms with van der Waals surface area (Å²) in [4.78, 5) is 16.9. The van der Waals surface area contributed by atoms with Crippen molar-refractivity contribution in [3.05, 3.63) is 65.5 Å². The zero-order valence-corrected chi connectivity index (χ0v) is 16.4. The molecule has 1 aliphatic heterocycles. The van der Waals surface area contributed by atoms with Crippen LogP contribution >= 0.6 is 0 Å². The summed E-state index contributed by atoms with van der Waals surface area (Å²) in [6.07, 6.45) is 2.36. The van der Waals surface area contributed by atoms with E-state index in [2.05, 4.69) is 46.3 Å². The lowest BCUT2D eigenvalue weighted by atomic mass is 10.0. The predicted octanol–water partition coefficient (Wildman–Crippen LogP) is 3.52. The first-order valence-electron chi connectivity index (χ1n) is 10.2. The van der Waals surface area contributed by atoms with E-state index in [1.165, 1.54) is 30.0 Å². The van der Waals surface area contributed by atoms with Crippen molar-refractivity contribution in [1.82, 2.24) is 10.2 Å². The van der Waals surface area contributed by atoms with Gasteiger partial charge in [0.05, 0.1) is 18.3 Å². The second-order valence-electron chi connectivity index (χ2n) is 8.01. The molecule has 1 heterocycles. The van der Waals surface area contributed by atoms with Gasteiger partial charge >= 0.3 is 0 Å². The summed E-state index contributed by atoms with van der Waals surface area (Å²) in [6, 6.07) is 15.5. The summed E-state index contributed by atoms with van der Waals surface area (Å²) in [7, 11) is 0. The fourth-order valence-corrected chi connectivity index (χ4v) is 3.95. The van der Waals surface area contributed by atoms with Gasteiger partial charge in [-0.05, 0) is 43.4 Å². The molecule has 0 radical (unpaired) electrons. The Labute approximate surface area is 166 Å². The highest BCUT2D eigenvalue weighted by Gasteiger charge is 2.33. The molecule has 1 saturated carbocycles. The maximum atomic E-state index is 14.0. The van der Waals surface area contributed by atoms with Gasteiger partial charge < -0.3 is 10.2 Å². The highest BCUT2D eigenvalue weighted by atomic mass is 19.1. The minimum Gasteiger partial charge on any atom is -0.367 e. The fourth-order valence-electron chi connectivity index (χ4n) is 3.95. The van der Waals surface area contributed by atoms with E-state index in [0.29, 0.717) is 18.2 Å². The maximum absolute atomic E-state index is 14.0. The van der Waals surface area contributed by atoms with Crippen LogP contribution < -0.4 is 10.2 Å². The summed E-state index contributed by atoms with van der Waals surface area (Å²) in [6.45, 7) is 5.48. The van der Waals surface area contributed by atoms with Crippen molar-refractivity contribution in [3.8, 4) is 0 Å². The topological polar surface area (TPSA) is 35.6 Å². The van der Waals surface area contributed by atoms with E-state index in [1.54, 1.807) is 6.07 Å². The van der Waals surface area contributed by atoms with Crippen molar-refractivity contribution in [2.75, 3.05) is 37.6 Å². The third kappa shape index (κ3) is 4.53. The minimum absolute atomic E-state index is 0.0804. The largest absolute Gasteiger partial charge is 0.367 e. The first-order chi connectivity index (χ1) is 13.6. The number of halogens is 1. The van der Waals surface area contributed by atoms with E-state index in [0.717, 1.165) is 26.2 Å². The average molecular weight is 381 g/mol. The van der Waals surface area contributed by atoms with Gasteiger partial charge in [0.1, 0.15) is 5.82 Å². The zero-order chi connectivity index (χ0) is 19.5. The van der Waals surface area contributed by atoms with Crippen LogP contribution in [0.5, 0.6) is 0 Å². The molecular weight excluding hydrogens is 353 g/mol. The molecule has 1 unspecified atom stereocenters. The Balaban J connectivity index is 1.30. The monoisotopic (exact) mass is 381 g/mol. The van der Waals surface area contributed by atoms with E-state index >= 15 is 0 Å². The summed E-state index contributed by atoms with van der Waals surface area (Å²) in [5.41, 5.74) is 3.09. The normalized spacial score (nSPS) is 18.7. The fraction of sp³-hybridized carbons (Fsp3) is 0.435. The van der Waals surface area contributed by atoms with Crippen LogP contribution in [0, 0.1) is 18.7 Å². The van der Waals surface area contributed by atoms with Gasteiger partial charge in [-0.3, -0.25) is 9.69 Å². The van der Waals surface area contributed by atoms with E-state index < -0.39 is 0 Å². The Kier molecular flexibility index (Phi) is 5.62. The van der Waals surface area contributed by atoms with Crippen LogP contribution in [0.25, 0.3) is 0 Å². The number of aryl methyl sites for hydroxylation is 1. The smallest absolute Gasteiger partial charge is 0.234 e. The standard InChI is InChI=1S/C23H28FN3O/c1-17-6-8-18(9-7-17)23(19-10-11-19)25-22(28)16-26-12-14-27(15-13-26)21-5-3-2-4-20(21)24/h2-9,19,23H,10-16H2,1H3,(H,25,28). The lowest BCUT2D eigenvalue weighted by Crippen LogP contribution is -2.50. The molecule has 0 bridgehead atoms. The Morgan fingerprint density at radius 2 is 1.75 bits per heavy atom. The van der Waals surface area contributed by atoms with E-state index in [9.17, 15) is 9.18 Å². The van der Waals surface area contributed by atoms with Crippen LogP contribution in [0.1, 0.15) is 30.0 Å². The number of piperazine rings is 1. The predicted molar refractivity (Wildman–Crippen MR) is 110 cm³/mol. The van der Waals surface area contributed by atoms with Gasteiger partial charge in [-0.1, -0.05) is 42.0 Å². The molecule has 2 aliphatic rings. The van der Waals surface area contributed by atoms with Crippen LogP contribution in [0.15, 0.2) is 48.5 Å². The Morgan fingerprint density at radius 1 is 1.07 bits per heavy atom. The van der Waals surface area contributed by atoms with Crippen molar-refractivity contribution < 1.29 is 9.18 Å². The number of amides is 1. The summed E-state index contributed by atoms with van der Waals surface area (Å²) >= 11 is 0. The lowest BCUT2D eigenvalue weighted by Gasteiger charge is -2.36. The van der Waals surface area contributed by atoms with Gasteiger partial charge in [0.15, 0.2) is 0 Å². The Hall–Kier alpha value is -2.40. The van der Waals surface area contributed by atoms with Crippen LogP contribution in [-0.2, 0) is 4.79 Å². The number of benzene rings is 2.